The van der Waals surface area contributed by atoms with Crippen molar-refractivity contribution < 1.29 is 18.3 Å². The van der Waals surface area contributed by atoms with Crippen molar-refractivity contribution in [1.29, 1.82) is 0 Å². The van der Waals surface area contributed by atoms with E-state index in [1.807, 2.05) is 0 Å². The van der Waals surface area contributed by atoms with Crippen LogP contribution in [0.15, 0.2) is 82.2 Å². The van der Waals surface area contributed by atoms with E-state index in [0.717, 1.165) is 12.8 Å². The van der Waals surface area contributed by atoms with Crippen molar-refractivity contribution in [2.24, 2.45) is 0 Å². The van der Waals surface area contributed by atoms with Crippen LogP contribution in [0.3, 0.4) is 0 Å². The van der Waals surface area contributed by atoms with Gasteiger partial charge in [-0.25, -0.2) is 0 Å². The fourth-order valence-electron chi connectivity index (χ4n) is 6.47. The molecule has 2 aliphatic rings. The zero-order valence-electron chi connectivity index (χ0n) is 23.4. The van der Waals surface area contributed by atoms with Gasteiger partial charge in [-0.15, -0.1) is 24.8 Å². The van der Waals surface area contributed by atoms with Crippen molar-refractivity contribution in [1.82, 2.24) is 0 Å². The molecule has 0 aliphatic heterocycles. The van der Waals surface area contributed by atoms with Crippen molar-refractivity contribution in [2.75, 3.05) is 0 Å². The van der Waals surface area contributed by atoms with Crippen molar-refractivity contribution in [2.45, 2.75) is 69.8 Å². The molecule has 3 aromatic rings. The molecule has 0 spiro atoms. The van der Waals surface area contributed by atoms with Crippen molar-refractivity contribution in [3.05, 3.63) is 104 Å². The number of hydrogen-bond acceptors (Lipinski definition) is 0. The average Bonchev–Trinajstić information content (AvgIpc) is 3.46. The third kappa shape index (κ3) is 4.75. The summed E-state index contributed by atoms with van der Waals surface area (Å²) >= 11 is -4.16. The fourth-order valence-corrected chi connectivity index (χ4v) is 20.0. The Morgan fingerprint density at radius 3 is 2.00 bits per heavy atom. The van der Waals surface area contributed by atoms with Crippen LogP contribution in [0.1, 0.15) is 70.2 Å². The molecule has 0 unspecified atom stereocenters. The van der Waals surface area contributed by atoms with Crippen molar-refractivity contribution in [3.8, 4) is 11.1 Å². The molecule has 0 aromatic heterocycles. The van der Waals surface area contributed by atoms with Crippen LogP contribution < -0.4 is 6.54 Å². The predicted molar refractivity (Wildman–Crippen MR) is 167 cm³/mol. The summed E-state index contributed by atoms with van der Waals surface area (Å²) in [6.45, 7) is 14.1. The summed E-state index contributed by atoms with van der Waals surface area (Å²) in [5.41, 5.74) is 8.95. The number of hydrogen-bond donors (Lipinski definition) is 0. The molecule has 0 fully saturated rings. The monoisotopic (exact) mass is 610 g/mol. The van der Waals surface area contributed by atoms with Crippen molar-refractivity contribution >= 4 is 35.6 Å². The first kappa shape index (κ1) is 30.0. The van der Waals surface area contributed by atoms with E-state index in [4.69, 9.17) is 4.21 Å². The van der Waals surface area contributed by atoms with Crippen LogP contribution in [0, 0.1) is 0 Å². The van der Waals surface area contributed by atoms with E-state index in [-0.39, 0.29) is 35.6 Å². The van der Waals surface area contributed by atoms with Crippen LogP contribution in [0.5, 0.6) is 0 Å². The van der Waals surface area contributed by atoms with E-state index in [2.05, 4.69) is 125 Å². The summed E-state index contributed by atoms with van der Waals surface area (Å²) in [6, 6.07) is 23.3. The molecule has 0 saturated carbocycles. The first-order chi connectivity index (χ1) is 16.3. The van der Waals surface area contributed by atoms with Crippen LogP contribution in [0.2, 0.25) is 4.63 Å². The minimum absolute atomic E-state index is 0. The second-order valence-electron chi connectivity index (χ2n) is 13.3. The SMILES string of the molecule is Cl.Cl.[CH2]=[Zr]([CH3])([C]1=CC=CC1)([c]1ccccc1)[c]1c(C(C)(C)C)ccc2c1Cc1cc(C(C)(C)C)ccc1-2. The Balaban J connectivity index is 0.00000190. The van der Waals surface area contributed by atoms with Gasteiger partial charge in [0, 0.05) is 0 Å². The van der Waals surface area contributed by atoms with E-state index >= 15 is 0 Å². The number of fused-ring (bicyclic) bond motifs is 3. The molecule has 0 saturated heterocycles. The van der Waals surface area contributed by atoms with Gasteiger partial charge in [-0.2, -0.15) is 0 Å². The third-order valence-corrected chi connectivity index (χ3v) is 23.2. The van der Waals surface area contributed by atoms with Crippen LogP contribution in [0.25, 0.3) is 11.1 Å². The standard InChI is InChI=1S/C21H25.C6H5.C5H5.CH3.CH2.2ClH.Zr/c1-20(2,3)16-7-9-18-14(12-16)11-15-13-17(21(4,5)6)8-10-19(15)18;1-2-4-6-5-3-1;1-2-4-5-3-1;;;;;/h7-10,12H,11H2,1-6H3;1-5H;1-3H,4H2;1H3;1H2;2*1H;. The molecular weight excluding hydrogens is 571 g/mol. The molecular formula is C34H42Cl2Zr. The number of rotatable bonds is 3. The maximum atomic E-state index is 5.40. The van der Waals surface area contributed by atoms with Gasteiger partial charge in [0.15, 0.2) is 0 Å². The Labute approximate surface area is 237 Å². The molecule has 2 aliphatic carbocycles. The molecule has 0 heterocycles. The summed E-state index contributed by atoms with van der Waals surface area (Å²) in [6.07, 6.45) is 9.01. The summed E-state index contributed by atoms with van der Waals surface area (Å²) < 4.78 is 12.6. The maximum absolute atomic E-state index is 5.40. The van der Waals surface area contributed by atoms with Gasteiger partial charge in [0.25, 0.3) is 0 Å². The van der Waals surface area contributed by atoms with Gasteiger partial charge >= 0.3 is 214 Å². The third-order valence-electron chi connectivity index (χ3n) is 8.62. The summed E-state index contributed by atoms with van der Waals surface area (Å²) in [7, 11) is 0. The van der Waals surface area contributed by atoms with Gasteiger partial charge in [-0.05, 0) is 0 Å². The normalized spacial score (nSPS) is 14.9. The van der Waals surface area contributed by atoms with Crippen molar-refractivity contribution in [3.63, 3.8) is 0 Å². The van der Waals surface area contributed by atoms with Gasteiger partial charge in [0.1, 0.15) is 0 Å². The van der Waals surface area contributed by atoms with Crippen LogP contribution >= 0.6 is 24.8 Å². The van der Waals surface area contributed by atoms with E-state index in [0.29, 0.717) is 0 Å². The van der Waals surface area contributed by atoms with Crippen LogP contribution in [-0.4, -0.2) is 4.21 Å². The average molecular weight is 613 g/mol. The molecule has 196 valence electrons. The number of benzene rings is 3. The molecule has 5 rings (SSSR count). The van der Waals surface area contributed by atoms with E-state index < -0.39 is 18.3 Å². The Bertz CT molecular complexity index is 1460. The van der Waals surface area contributed by atoms with Gasteiger partial charge in [-0.1, -0.05) is 0 Å². The van der Waals surface area contributed by atoms with Gasteiger partial charge in [-0.3, -0.25) is 0 Å². The first-order valence-electron chi connectivity index (χ1n) is 13.1. The summed E-state index contributed by atoms with van der Waals surface area (Å²) in [5, 5.41) is 0. The van der Waals surface area contributed by atoms with Gasteiger partial charge in [0.2, 0.25) is 0 Å². The quantitative estimate of drug-likeness (QED) is 0.217. The number of halogens is 2. The number of allylic oxidation sites excluding steroid dienone is 4. The molecule has 0 N–H and O–H groups in total. The predicted octanol–water partition coefficient (Wildman–Crippen LogP) is 8.66. The summed E-state index contributed by atoms with van der Waals surface area (Å²) in [4.78, 5) is 0. The second kappa shape index (κ2) is 9.90. The summed E-state index contributed by atoms with van der Waals surface area (Å²) in [5.74, 6) is 0. The van der Waals surface area contributed by atoms with Crippen LogP contribution in [0.4, 0.5) is 0 Å². The Hall–Kier alpha value is -1.53. The molecule has 0 radical (unpaired) electrons. The fraction of sp³-hybridized carbons (Fsp3) is 0.324. The minimum atomic E-state index is -4.16. The zero-order valence-corrected chi connectivity index (χ0v) is 27.5. The Morgan fingerprint density at radius 2 is 1.43 bits per heavy atom. The van der Waals surface area contributed by atoms with E-state index in [1.54, 1.807) is 12.1 Å². The molecule has 0 nitrogen and oxygen atoms in total. The second-order valence-corrected chi connectivity index (χ2v) is 27.4. The van der Waals surface area contributed by atoms with Crippen LogP contribution in [-0.2, 0) is 35.5 Å². The van der Waals surface area contributed by atoms with Gasteiger partial charge < -0.3 is 0 Å². The van der Waals surface area contributed by atoms with E-state index in [9.17, 15) is 0 Å². The Morgan fingerprint density at radius 1 is 0.784 bits per heavy atom. The molecule has 3 heteroatoms. The molecule has 0 bridgehead atoms. The first-order valence-corrected chi connectivity index (χ1v) is 21.0. The molecule has 37 heavy (non-hydrogen) atoms. The van der Waals surface area contributed by atoms with E-state index in [1.165, 1.54) is 31.1 Å². The molecule has 0 atom stereocenters. The molecule has 0 amide bonds. The van der Waals surface area contributed by atoms with Gasteiger partial charge in [0.05, 0.1) is 0 Å². The molecule has 3 aromatic carbocycles. The Kier molecular flexibility index (Phi) is 8.03. The topological polar surface area (TPSA) is 0 Å². The zero-order chi connectivity index (χ0) is 25.2.